The van der Waals surface area contributed by atoms with E-state index in [9.17, 15) is 4.79 Å². The number of hydrogen-bond donors (Lipinski definition) is 1. The molecule has 3 heteroatoms. The average Bonchev–Trinajstić information content (AvgIpc) is 2.30. The van der Waals surface area contributed by atoms with E-state index >= 15 is 0 Å². The summed E-state index contributed by atoms with van der Waals surface area (Å²) in [5.41, 5.74) is 7.11. The van der Waals surface area contributed by atoms with Crippen LogP contribution < -0.4 is 5.73 Å². The van der Waals surface area contributed by atoms with E-state index in [4.69, 9.17) is 5.73 Å². The molecule has 1 aliphatic heterocycles. The highest BCUT2D eigenvalue weighted by Crippen LogP contribution is 2.21. The van der Waals surface area contributed by atoms with Crippen LogP contribution >= 0.6 is 0 Å². The Balaban J connectivity index is 2.05. The number of carbonyl (C=O) groups excluding carboxylic acids is 1. The maximum absolute atomic E-state index is 12.2. The van der Waals surface area contributed by atoms with Gasteiger partial charge in [0.25, 0.3) is 0 Å². The molecule has 86 valence electrons. The number of ketones is 1. The minimum atomic E-state index is 0.194. The Labute approximate surface area is 96.2 Å². The van der Waals surface area contributed by atoms with E-state index in [1.165, 1.54) is 0 Å². The van der Waals surface area contributed by atoms with Crippen LogP contribution in [0.4, 0.5) is 5.69 Å². The Kier molecular flexibility index (Phi) is 3.25. The number of carbonyl (C=O) groups is 1. The largest absolute Gasteiger partial charge is 0.399 e. The number of piperidine rings is 1. The van der Waals surface area contributed by atoms with Crippen molar-refractivity contribution in [2.75, 3.05) is 25.9 Å². The molecule has 1 fully saturated rings. The summed E-state index contributed by atoms with van der Waals surface area (Å²) in [6.45, 7) is 2.04. The summed E-state index contributed by atoms with van der Waals surface area (Å²) < 4.78 is 0. The molecule has 1 saturated heterocycles. The zero-order valence-electron chi connectivity index (χ0n) is 9.65. The molecule has 0 amide bonds. The zero-order valence-corrected chi connectivity index (χ0v) is 9.65. The van der Waals surface area contributed by atoms with Crippen molar-refractivity contribution in [1.82, 2.24) is 4.90 Å². The molecule has 0 atom stereocenters. The lowest BCUT2D eigenvalue weighted by atomic mass is 9.89. The molecule has 2 N–H and O–H groups in total. The van der Waals surface area contributed by atoms with Crippen LogP contribution in [0.5, 0.6) is 0 Å². The number of benzene rings is 1. The van der Waals surface area contributed by atoms with Crippen molar-refractivity contribution >= 4 is 11.5 Å². The quantitative estimate of drug-likeness (QED) is 0.608. The fourth-order valence-corrected chi connectivity index (χ4v) is 2.15. The highest BCUT2D eigenvalue weighted by atomic mass is 16.1. The predicted molar refractivity (Wildman–Crippen MR) is 65.4 cm³/mol. The van der Waals surface area contributed by atoms with Crippen LogP contribution in [0.1, 0.15) is 23.2 Å². The highest BCUT2D eigenvalue weighted by Gasteiger charge is 2.23. The van der Waals surface area contributed by atoms with Crippen LogP contribution in [0.25, 0.3) is 0 Å². The Bertz CT molecular complexity index is 364. The van der Waals surface area contributed by atoms with Crippen LogP contribution in [-0.4, -0.2) is 30.8 Å². The van der Waals surface area contributed by atoms with Crippen molar-refractivity contribution in [1.29, 1.82) is 0 Å². The van der Waals surface area contributed by atoms with Crippen LogP contribution in [0.2, 0.25) is 0 Å². The maximum atomic E-state index is 12.2. The zero-order chi connectivity index (χ0) is 11.5. The highest BCUT2D eigenvalue weighted by molar-refractivity contribution is 5.98. The van der Waals surface area contributed by atoms with E-state index in [1.54, 1.807) is 12.1 Å². The van der Waals surface area contributed by atoms with Crippen molar-refractivity contribution in [3.63, 3.8) is 0 Å². The van der Waals surface area contributed by atoms with E-state index in [2.05, 4.69) is 11.9 Å². The van der Waals surface area contributed by atoms with Crippen molar-refractivity contribution in [2.45, 2.75) is 12.8 Å². The van der Waals surface area contributed by atoms with Gasteiger partial charge in [0, 0.05) is 17.2 Å². The Hall–Kier alpha value is -1.35. The van der Waals surface area contributed by atoms with Gasteiger partial charge >= 0.3 is 0 Å². The van der Waals surface area contributed by atoms with Crippen molar-refractivity contribution in [2.24, 2.45) is 5.92 Å². The first kappa shape index (κ1) is 11.1. The number of Topliss-reactive ketones (excluding diaryl/α,β-unsaturated/α-hetero) is 1. The second-order valence-corrected chi connectivity index (χ2v) is 4.56. The second-order valence-electron chi connectivity index (χ2n) is 4.56. The fourth-order valence-electron chi connectivity index (χ4n) is 2.15. The van der Waals surface area contributed by atoms with Gasteiger partial charge in [0.2, 0.25) is 0 Å². The lowest BCUT2D eigenvalue weighted by Gasteiger charge is -2.27. The molecule has 1 aliphatic rings. The normalized spacial score (nSPS) is 18.6. The standard InChI is InChI=1S/C13H18N2O/c1-15-8-6-11(7-9-15)13(16)10-2-4-12(14)5-3-10/h2-5,11H,6-9,14H2,1H3. The molecule has 2 rings (SSSR count). The molecule has 0 saturated carbocycles. The minimum absolute atomic E-state index is 0.194. The summed E-state index contributed by atoms with van der Waals surface area (Å²) in [4.78, 5) is 14.4. The van der Waals surface area contributed by atoms with Crippen LogP contribution in [-0.2, 0) is 0 Å². The van der Waals surface area contributed by atoms with Gasteiger partial charge in [-0.1, -0.05) is 0 Å². The molecule has 0 radical (unpaired) electrons. The Morgan fingerprint density at radius 3 is 2.38 bits per heavy atom. The number of anilines is 1. The topological polar surface area (TPSA) is 46.3 Å². The summed E-state index contributed by atoms with van der Waals surface area (Å²) >= 11 is 0. The third kappa shape index (κ3) is 2.42. The molecule has 0 unspecified atom stereocenters. The Morgan fingerprint density at radius 1 is 1.25 bits per heavy atom. The first-order valence-corrected chi connectivity index (χ1v) is 5.75. The van der Waals surface area contributed by atoms with Crippen molar-refractivity contribution < 1.29 is 4.79 Å². The summed E-state index contributed by atoms with van der Waals surface area (Å²) in [5, 5.41) is 0. The van der Waals surface area contributed by atoms with Crippen LogP contribution in [0.3, 0.4) is 0 Å². The minimum Gasteiger partial charge on any atom is -0.399 e. The third-order valence-corrected chi connectivity index (χ3v) is 3.28. The number of likely N-dealkylation sites (tertiary alicyclic amines) is 1. The molecule has 16 heavy (non-hydrogen) atoms. The van der Waals surface area contributed by atoms with Gasteiger partial charge in [-0.15, -0.1) is 0 Å². The number of nitrogens with zero attached hydrogens (tertiary/aromatic N) is 1. The van der Waals surface area contributed by atoms with Gasteiger partial charge in [0.1, 0.15) is 0 Å². The lowest BCUT2D eigenvalue weighted by Crippen LogP contribution is -2.33. The van der Waals surface area contributed by atoms with E-state index in [0.717, 1.165) is 31.5 Å². The number of hydrogen-bond acceptors (Lipinski definition) is 3. The molecule has 1 aromatic rings. The smallest absolute Gasteiger partial charge is 0.166 e. The van der Waals surface area contributed by atoms with Gasteiger partial charge < -0.3 is 10.6 Å². The molecule has 1 aromatic carbocycles. The number of rotatable bonds is 2. The molecular weight excluding hydrogens is 200 g/mol. The predicted octanol–water partition coefficient (Wildman–Crippen LogP) is 1.79. The van der Waals surface area contributed by atoms with Gasteiger partial charge in [-0.2, -0.15) is 0 Å². The SMILES string of the molecule is CN1CCC(C(=O)c2ccc(N)cc2)CC1. The third-order valence-electron chi connectivity index (χ3n) is 3.28. The second kappa shape index (κ2) is 4.66. The van der Waals surface area contributed by atoms with Gasteiger partial charge in [0.05, 0.1) is 0 Å². The molecule has 3 nitrogen and oxygen atoms in total. The molecular formula is C13H18N2O. The monoisotopic (exact) mass is 218 g/mol. The fraction of sp³-hybridized carbons (Fsp3) is 0.462. The molecule has 1 heterocycles. The van der Waals surface area contributed by atoms with Crippen molar-refractivity contribution in [3.8, 4) is 0 Å². The van der Waals surface area contributed by atoms with Gasteiger partial charge in [-0.25, -0.2) is 0 Å². The summed E-state index contributed by atoms with van der Waals surface area (Å²) in [6.07, 6.45) is 1.94. The van der Waals surface area contributed by atoms with Gasteiger partial charge in [0.15, 0.2) is 5.78 Å². The molecule has 0 spiro atoms. The summed E-state index contributed by atoms with van der Waals surface area (Å²) in [7, 11) is 2.10. The summed E-state index contributed by atoms with van der Waals surface area (Å²) in [6, 6.07) is 7.25. The Morgan fingerprint density at radius 2 is 1.81 bits per heavy atom. The van der Waals surface area contributed by atoms with E-state index in [1.807, 2.05) is 12.1 Å². The molecule has 0 aromatic heterocycles. The summed E-state index contributed by atoms with van der Waals surface area (Å²) in [5.74, 6) is 0.466. The van der Waals surface area contributed by atoms with Crippen molar-refractivity contribution in [3.05, 3.63) is 29.8 Å². The first-order chi connectivity index (χ1) is 7.66. The van der Waals surface area contributed by atoms with E-state index < -0.39 is 0 Å². The molecule has 0 aliphatic carbocycles. The van der Waals surface area contributed by atoms with Gasteiger partial charge in [-0.05, 0) is 57.2 Å². The number of nitrogen functional groups attached to an aromatic ring is 1. The van der Waals surface area contributed by atoms with Crippen LogP contribution in [0, 0.1) is 5.92 Å². The number of nitrogens with two attached hydrogens (primary N) is 1. The average molecular weight is 218 g/mol. The van der Waals surface area contributed by atoms with E-state index in [0.29, 0.717) is 5.69 Å². The first-order valence-electron chi connectivity index (χ1n) is 5.75. The van der Waals surface area contributed by atoms with Gasteiger partial charge in [-0.3, -0.25) is 4.79 Å². The van der Waals surface area contributed by atoms with Crippen LogP contribution in [0.15, 0.2) is 24.3 Å². The lowest BCUT2D eigenvalue weighted by molar-refractivity contribution is 0.0857. The maximum Gasteiger partial charge on any atom is 0.166 e. The van der Waals surface area contributed by atoms with E-state index in [-0.39, 0.29) is 11.7 Å². The molecule has 0 bridgehead atoms.